The highest BCUT2D eigenvalue weighted by Gasteiger charge is 2.09. The van der Waals surface area contributed by atoms with Crippen molar-refractivity contribution in [2.24, 2.45) is 0 Å². The summed E-state index contributed by atoms with van der Waals surface area (Å²) in [6.07, 6.45) is 3.55. The summed E-state index contributed by atoms with van der Waals surface area (Å²) in [5.41, 5.74) is 1.80. The van der Waals surface area contributed by atoms with E-state index in [4.69, 9.17) is 23.4 Å². The summed E-state index contributed by atoms with van der Waals surface area (Å²) in [5.74, 6) is 1.72. The van der Waals surface area contributed by atoms with Crippen LogP contribution in [0.1, 0.15) is 16.9 Å². The maximum atomic E-state index is 12.8. The zero-order valence-electron chi connectivity index (χ0n) is 16.1. The van der Waals surface area contributed by atoms with E-state index in [0.29, 0.717) is 33.8 Å². The first-order chi connectivity index (χ1) is 13.6. The Kier molecular flexibility index (Phi) is 6.47. The van der Waals surface area contributed by atoms with Gasteiger partial charge in [-0.3, -0.25) is 4.79 Å². The molecule has 3 rings (SSSR count). The van der Waals surface area contributed by atoms with Crippen molar-refractivity contribution in [1.82, 2.24) is 0 Å². The highest BCUT2D eigenvalue weighted by Crippen LogP contribution is 2.25. The van der Waals surface area contributed by atoms with Gasteiger partial charge in [0.05, 0.1) is 10.9 Å². The van der Waals surface area contributed by atoms with Gasteiger partial charge in [-0.1, -0.05) is 18.2 Å². The van der Waals surface area contributed by atoms with Gasteiger partial charge in [0.1, 0.15) is 22.8 Å². The monoisotopic (exact) mass is 382 g/mol. The van der Waals surface area contributed by atoms with Crippen LogP contribution in [0, 0.1) is 6.92 Å². The van der Waals surface area contributed by atoms with Crippen molar-refractivity contribution in [1.29, 1.82) is 0 Å². The molecule has 6 nitrogen and oxygen atoms in total. The van der Waals surface area contributed by atoms with Gasteiger partial charge in [0.25, 0.3) is 0 Å². The first kappa shape index (κ1) is 19.7. The number of hydrogen-bond donors (Lipinski definition) is 0. The van der Waals surface area contributed by atoms with Crippen LogP contribution >= 0.6 is 0 Å². The zero-order chi connectivity index (χ0) is 19.9. The van der Waals surface area contributed by atoms with Gasteiger partial charge in [0.2, 0.25) is 0 Å². The molecule has 0 amide bonds. The maximum absolute atomic E-state index is 12.8. The number of methoxy groups -OCH3 is 2. The molecular formula is C22H22O6. The molecule has 3 aromatic rings. The molecule has 1 heterocycles. The lowest BCUT2D eigenvalue weighted by Crippen LogP contribution is -2.07. The predicted molar refractivity (Wildman–Crippen MR) is 108 cm³/mol. The van der Waals surface area contributed by atoms with Crippen molar-refractivity contribution in [2.75, 3.05) is 27.8 Å². The molecule has 0 N–H and O–H groups in total. The van der Waals surface area contributed by atoms with Gasteiger partial charge >= 0.3 is 0 Å². The van der Waals surface area contributed by atoms with E-state index in [9.17, 15) is 4.79 Å². The molecule has 0 saturated carbocycles. The van der Waals surface area contributed by atoms with E-state index < -0.39 is 0 Å². The Labute approximate surface area is 162 Å². The Morgan fingerprint density at radius 3 is 2.21 bits per heavy atom. The quantitative estimate of drug-likeness (QED) is 0.543. The summed E-state index contributed by atoms with van der Waals surface area (Å²) in [5, 5.41) is 0.550. The minimum atomic E-state index is -0.0711. The molecule has 0 atom stereocenters. The molecule has 0 unspecified atom stereocenters. The van der Waals surface area contributed by atoms with E-state index >= 15 is 0 Å². The number of para-hydroxylation sites is 1. The first-order valence-corrected chi connectivity index (χ1v) is 8.71. The fraction of sp³-hybridized carbons (Fsp3) is 0.227. The van der Waals surface area contributed by atoms with Crippen LogP contribution in [-0.4, -0.2) is 27.8 Å². The molecule has 0 bridgehead atoms. The van der Waals surface area contributed by atoms with Crippen LogP contribution < -0.4 is 14.9 Å². The molecule has 0 fully saturated rings. The standard InChI is InChI=1S/C22H22O6/c1-15-19(22(23)20-6-4-5-7-21(20)28-15)9-8-16-10-17(26-13-24-2)12-18(11-16)27-14-25-3/h4-12H,13-14H2,1-3H3/b9-8+. The molecule has 146 valence electrons. The average Bonchev–Trinajstić information content (AvgIpc) is 2.70. The summed E-state index contributed by atoms with van der Waals surface area (Å²) in [6, 6.07) is 12.6. The Balaban J connectivity index is 1.97. The van der Waals surface area contributed by atoms with Crippen LogP contribution in [0.2, 0.25) is 0 Å². The molecule has 0 spiro atoms. The molecule has 1 aromatic heterocycles. The summed E-state index contributed by atoms with van der Waals surface area (Å²) in [4.78, 5) is 12.8. The summed E-state index contributed by atoms with van der Waals surface area (Å²) >= 11 is 0. The van der Waals surface area contributed by atoms with Gasteiger partial charge in [0, 0.05) is 20.3 Å². The average molecular weight is 382 g/mol. The smallest absolute Gasteiger partial charge is 0.200 e. The van der Waals surface area contributed by atoms with E-state index in [1.807, 2.05) is 30.3 Å². The lowest BCUT2D eigenvalue weighted by molar-refractivity contribution is 0.0460. The first-order valence-electron chi connectivity index (χ1n) is 8.71. The van der Waals surface area contributed by atoms with Crippen LogP contribution in [0.3, 0.4) is 0 Å². The summed E-state index contributed by atoms with van der Waals surface area (Å²) in [6.45, 7) is 2.01. The number of fused-ring (bicyclic) bond motifs is 1. The minimum absolute atomic E-state index is 0.0711. The largest absolute Gasteiger partial charge is 0.467 e. The summed E-state index contributed by atoms with van der Waals surface area (Å²) < 4.78 is 26.7. The number of ether oxygens (including phenoxy) is 4. The van der Waals surface area contributed by atoms with Crippen molar-refractivity contribution in [3.8, 4) is 11.5 Å². The number of benzene rings is 2. The second-order valence-corrected chi connectivity index (χ2v) is 6.07. The van der Waals surface area contributed by atoms with Crippen LogP contribution in [0.4, 0.5) is 0 Å². The normalized spacial score (nSPS) is 11.2. The topological polar surface area (TPSA) is 67.1 Å². The van der Waals surface area contributed by atoms with Crippen LogP contribution in [0.5, 0.6) is 11.5 Å². The molecule has 6 heteroatoms. The highest BCUT2D eigenvalue weighted by atomic mass is 16.7. The Morgan fingerprint density at radius 2 is 1.57 bits per heavy atom. The predicted octanol–water partition coefficient (Wildman–Crippen LogP) is 4.24. The van der Waals surface area contributed by atoms with E-state index in [2.05, 4.69) is 0 Å². The third kappa shape index (κ3) is 4.60. The van der Waals surface area contributed by atoms with Crippen molar-refractivity contribution in [3.05, 3.63) is 69.6 Å². The molecule has 0 aliphatic carbocycles. The molecule has 0 saturated heterocycles. The van der Waals surface area contributed by atoms with Crippen LogP contribution in [0.25, 0.3) is 23.1 Å². The lowest BCUT2D eigenvalue weighted by atomic mass is 10.1. The molecule has 0 aliphatic heterocycles. The van der Waals surface area contributed by atoms with Crippen molar-refractivity contribution < 1.29 is 23.4 Å². The Hall–Kier alpha value is -3.09. The van der Waals surface area contributed by atoms with Gasteiger partial charge < -0.3 is 23.4 Å². The fourth-order valence-electron chi connectivity index (χ4n) is 2.75. The third-order valence-corrected chi connectivity index (χ3v) is 4.05. The zero-order valence-corrected chi connectivity index (χ0v) is 16.1. The third-order valence-electron chi connectivity index (χ3n) is 4.05. The van der Waals surface area contributed by atoms with Gasteiger partial charge in [-0.2, -0.15) is 0 Å². The van der Waals surface area contributed by atoms with Gasteiger partial charge in [-0.25, -0.2) is 0 Å². The fourth-order valence-corrected chi connectivity index (χ4v) is 2.75. The van der Waals surface area contributed by atoms with Gasteiger partial charge in [0.15, 0.2) is 19.0 Å². The van der Waals surface area contributed by atoms with Crippen molar-refractivity contribution in [2.45, 2.75) is 6.92 Å². The Bertz CT molecular complexity index is 1010. The Morgan fingerprint density at radius 1 is 0.929 bits per heavy atom. The van der Waals surface area contributed by atoms with E-state index in [1.54, 1.807) is 45.4 Å². The molecule has 0 radical (unpaired) electrons. The lowest BCUT2D eigenvalue weighted by Gasteiger charge is -2.10. The number of hydrogen-bond acceptors (Lipinski definition) is 6. The highest BCUT2D eigenvalue weighted by molar-refractivity contribution is 5.81. The van der Waals surface area contributed by atoms with Crippen LogP contribution in [0.15, 0.2) is 51.7 Å². The van der Waals surface area contributed by atoms with Crippen molar-refractivity contribution in [3.63, 3.8) is 0 Å². The SMILES string of the molecule is COCOc1cc(/C=C/c2c(C)oc3ccccc3c2=O)cc(OCOC)c1. The van der Waals surface area contributed by atoms with Gasteiger partial charge in [-0.05, 0) is 42.8 Å². The maximum Gasteiger partial charge on any atom is 0.200 e. The molecular weight excluding hydrogens is 360 g/mol. The van der Waals surface area contributed by atoms with E-state index in [-0.39, 0.29) is 19.0 Å². The second-order valence-electron chi connectivity index (χ2n) is 6.07. The van der Waals surface area contributed by atoms with Gasteiger partial charge in [-0.15, -0.1) is 0 Å². The minimum Gasteiger partial charge on any atom is -0.467 e. The van der Waals surface area contributed by atoms with E-state index in [0.717, 1.165) is 5.56 Å². The number of rotatable bonds is 8. The van der Waals surface area contributed by atoms with Crippen molar-refractivity contribution >= 4 is 23.1 Å². The molecule has 28 heavy (non-hydrogen) atoms. The molecule has 2 aromatic carbocycles. The van der Waals surface area contributed by atoms with E-state index in [1.165, 1.54) is 0 Å². The molecule has 0 aliphatic rings. The van der Waals surface area contributed by atoms with Crippen LogP contribution in [-0.2, 0) is 9.47 Å². The second kappa shape index (κ2) is 9.21. The summed E-state index contributed by atoms with van der Waals surface area (Å²) in [7, 11) is 3.10. The number of aryl methyl sites for hydroxylation is 1.